The van der Waals surface area contributed by atoms with Crippen LogP contribution in [0.5, 0.6) is 0 Å². The molecule has 3 aromatic heterocycles. The average Bonchev–Trinajstić information content (AvgIpc) is 3.11. The van der Waals surface area contributed by atoms with Crippen molar-refractivity contribution in [1.82, 2.24) is 30.0 Å². The van der Waals surface area contributed by atoms with E-state index in [0.29, 0.717) is 24.7 Å². The van der Waals surface area contributed by atoms with E-state index in [1.54, 1.807) is 18.5 Å². The lowest BCUT2D eigenvalue weighted by atomic mass is 10.3. The highest BCUT2D eigenvalue weighted by Crippen LogP contribution is 2.13. The third-order valence-electron chi connectivity index (χ3n) is 3.53. The van der Waals surface area contributed by atoms with Crippen molar-refractivity contribution in [3.05, 3.63) is 63.5 Å². The second-order valence-electron chi connectivity index (χ2n) is 5.41. The molecule has 1 amide bonds. The van der Waals surface area contributed by atoms with E-state index >= 15 is 0 Å². The van der Waals surface area contributed by atoms with E-state index in [4.69, 9.17) is 4.52 Å². The Morgan fingerprint density at radius 2 is 2.19 bits per heavy atom. The summed E-state index contributed by atoms with van der Waals surface area (Å²) in [5, 5.41) is 6.59. The van der Waals surface area contributed by atoms with Crippen LogP contribution in [0.3, 0.4) is 0 Å². The number of rotatable bonds is 7. The van der Waals surface area contributed by atoms with Crippen molar-refractivity contribution in [2.24, 2.45) is 0 Å². The molecule has 10 heteroatoms. The maximum atomic E-state index is 11.8. The molecule has 0 aliphatic heterocycles. The molecule has 10 nitrogen and oxygen atoms in total. The third kappa shape index (κ3) is 4.50. The molecule has 0 saturated carbocycles. The summed E-state index contributed by atoms with van der Waals surface area (Å²) in [4.78, 5) is 44.7. The average molecular weight is 356 g/mol. The fourth-order valence-electron chi connectivity index (χ4n) is 2.21. The van der Waals surface area contributed by atoms with Crippen LogP contribution < -0.4 is 16.6 Å². The SMILES string of the molecule is O=C(CCn1ccc(=O)[nH]c1=O)NCCc1nc(-c2cccnc2)no1. The molecule has 0 atom stereocenters. The van der Waals surface area contributed by atoms with Crippen LogP contribution in [0, 0.1) is 0 Å². The second kappa shape index (κ2) is 8.01. The van der Waals surface area contributed by atoms with Gasteiger partial charge in [0.25, 0.3) is 5.56 Å². The number of nitrogens with zero attached hydrogens (tertiary/aromatic N) is 4. The molecular formula is C16H16N6O4. The van der Waals surface area contributed by atoms with Gasteiger partial charge in [0.2, 0.25) is 17.6 Å². The van der Waals surface area contributed by atoms with Gasteiger partial charge in [0.05, 0.1) is 0 Å². The minimum absolute atomic E-state index is 0.108. The van der Waals surface area contributed by atoms with Crippen LogP contribution in [-0.4, -0.2) is 37.1 Å². The topological polar surface area (TPSA) is 136 Å². The molecular weight excluding hydrogens is 340 g/mol. The van der Waals surface area contributed by atoms with Crippen LogP contribution in [0.4, 0.5) is 0 Å². The molecule has 0 aliphatic carbocycles. The molecule has 0 aliphatic rings. The van der Waals surface area contributed by atoms with Crippen LogP contribution in [0.1, 0.15) is 12.3 Å². The Hall–Kier alpha value is -3.56. The first kappa shape index (κ1) is 17.3. The summed E-state index contributed by atoms with van der Waals surface area (Å²) in [5.74, 6) is 0.618. The summed E-state index contributed by atoms with van der Waals surface area (Å²) in [5.41, 5.74) is -0.266. The number of carbonyl (C=O) groups is 1. The molecule has 2 N–H and O–H groups in total. The molecule has 0 saturated heterocycles. The van der Waals surface area contributed by atoms with Crippen LogP contribution in [0.25, 0.3) is 11.4 Å². The number of H-pyrrole nitrogens is 1. The fourth-order valence-corrected chi connectivity index (χ4v) is 2.21. The number of hydrogen-bond donors (Lipinski definition) is 2. The van der Waals surface area contributed by atoms with E-state index in [2.05, 4.69) is 25.4 Å². The zero-order valence-electron chi connectivity index (χ0n) is 13.7. The van der Waals surface area contributed by atoms with Crippen LogP contribution in [0.2, 0.25) is 0 Å². The Balaban J connectivity index is 1.45. The van der Waals surface area contributed by atoms with Gasteiger partial charge in [-0.2, -0.15) is 4.98 Å². The normalized spacial score (nSPS) is 10.6. The van der Waals surface area contributed by atoms with Gasteiger partial charge in [-0.25, -0.2) is 4.79 Å². The van der Waals surface area contributed by atoms with Gasteiger partial charge in [0, 0.05) is 56.2 Å². The van der Waals surface area contributed by atoms with Crippen LogP contribution in [-0.2, 0) is 17.8 Å². The van der Waals surface area contributed by atoms with Crippen molar-refractivity contribution in [3.63, 3.8) is 0 Å². The van der Waals surface area contributed by atoms with Gasteiger partial charge in [-0.15, -0.1) is 0 Å². The summed E-state index contributed by atoms with van der Waals surface area (Å²) in [6, 6.07) is 4.83. The number of amides is 1. The Kier molecular flexibility index (Phi) is 5.32. The molecule has 3 heterocycles. The zero-order chi connectivity index (χ0) is 18.4. The first-order chi connectivity index (χ1) is 12.6. The van der Waals surface area contributed by atoms with Gasteiger partial charge in [-0.1, -0.05) is 5.16 Å². The number of aromatic amines is 1. The highest BCUT2D eigenvalue weighted by Gasteiger charge is 2.09. The summed E-state index contributed by atoms with van der Waals surface area (Å²) in [6.07, 6.45) is 5.14. The van der Waals surface area contributed by atoms with E-state index in [-0.39, 0.29) is 18.9 Å². The number of carbonyl (C=O) groups excluding carboxylic acids is 1. The highest BCUT2D eigenvalue weighted by molar-refractivity contribution is 5.75. The van der Waals surface area contributed by atoms with Crippen molar-refractivity contribution in [3.8, 4) is 11.4 Å². The van der Waals surface area contributed by atoms with Gasteiger partial charge in [-0.3, -0.25) is 19.6 Å². The van der Waals surface area contributed by atoms with Crippen molar-refractivity contribution in [1.29, 1.82) is 0 Å². The van der Waals surface area contributed by atoms with Crippen molar-refractivity contribution in [2.75, 3.05) is 6.54 Å². The van der Waals surface area contributed by atoms with E-state index < -0.39 is 11.2 Å². The molecule has 3 rings (SSSR count). The summed E-state index contributed by atoms with van der Waals surface area (Å²) in [7, 11) is 0. The maximum Gasteiger partial charge on any atom is 0.328 e. The summed E-state index contributed by atoms with van der Waals surface area (Å²) in [6.45, 7) is 0.501. The first-order valence-electron chi connectivity index (χ1n) is 7.91. The van der Waals surface area contributed by atoms with Gasteiger partial charge in [0.1, 0.15) is 0 Å². The van der Waals surface area contributed by atoms with E-state index in [9.17, 15) is 14.4 Å². The molecule has 0 unspecified atom stereocenters. The number of hydrogen-bond acceptors (Lipinski definition) is 7. The fraction of sp³-hybridized carbons (Fsp3) is 0.250. The minimum Gasteiger partial charge on any atom is -0.356 e. The number of nitrogens with one attached hydrogen (secondary N) is 2. The summed E-state index contributed by atoms with van der Waals surface area (Å²) >= 11 is 0. The van der Waals surface area contributed by atoms with Gasteiger partial charge in [0.15, 0.2) is 0 Å². The summed E-state index contributed by atoms with van der Waals surface area (Å²) < 4.78 is 6.40. The van der Waals surface area contributed by atoms with Crippen molar-refractivity contribution < 1.29 is 9.32 Å². The van der Waals surface area contributed by atoms with E-state index in [1.165, 1.54) is 16.8 Å². The minimum atomic E-state index is -0.543. The molecule has 0 spiro atoms. The molecule has 26 heavy (non-hydrogen) atoms. The Morgan fingerprint density at radius 3 is 2.96 bits per heavy atom. The lowest BCUT2D eigenvalue weighted by Gasteiger charge is -2.05. The van der Waals surface area contributed by atoms with Crippen LogP contribution in [0.15, 0.2) is 50.9 Å². The molecule has 0 aromatic carbocycles. The molecule has 0 bridgehead atoms. The smallest absolute Gasteiger partial charge is 0.328 e. The molecule has 0 radical (unpaired) electrons. The van der Waals surface area contributed by atoms with Gasteiger partial charge in [-0.05, 0) is 12.1 Å². The second-order valence-corrected chi connectivity index (χ2v) is 5.41. The maximum absolute atomic E-state index is 11.8. The lowest BCUT2D eigenvalue weighted by molar-refractivity contribution is -0.121. The van der Waals surface area contributed by atoms with Crippen molar-refractivity contribution >= 4 is 5.91 Å². The largest absolute Gasteiger partial charge is 0.356 e. The third-order valence-corrected chi connectivity index (χ3v) is 3.53. The molecule has 3 aromatic rings. The number of pyridine rings is 1. The molecule has 0 fully saturated rings. The predicted molar refractivity (Wildman–Crippen MR) is 90.2 cm³/mol. The lowest BCUT2D eigenvalue weighted by Crippen LogP contribution is -2.31. The molecule has 134 valence electrons. The van der Waals surface area contributed by atoms with Crippen molar-refractivity contribution in [2.45, 2.75) is 19.4 Å². The highest BCUT2D eigenvalue weighted by atomic mass is 16.5. The van der Waals surface area contributed by atoms with Gasteiger partial charge < -0.3 is 14.4 Å². The standard InChI is InChI=1S/C16H16N6O4/c23-12(4-8-22-9-5-13(24)19-16(22)25)18-7-3-14-20-15(21-26-14)11-2-1-6-17-10-11/h1-2,5-6,9-10H,3-4,7-8H2,(H,18,23)(H,19,24,25). The number of aryl methyl sites for hydroxylation is 1. The Bertz CT molecular complexity index is 991. The first-order valence-corrected chi connectivity index (χ1v) is 7.91. The monoisotopic (exact) mass is 356 g/mol. The van der Waals surface area contributed by atoms with Crippen LogP contribution >= 0.6 is 0 Å². The van der Waals surface area contributed by atoms with Gasteiger partial charge >= 0.3 is 5.69 Å². The quantitative estimate of drug-likeness (QED) is 0.595. The zero-order valence-corrected chi connectivity index (χ0v) is 13.7. The predicted octanol–water partition coefficient (Wildman–Crippen LogP) is -0.269. The van der Waals surface area contributed by atoms with E-state index in [0.717, 1.165) is 5.56 Å². The van der Waals surface area contributed by atoms with E-state index in [1.807, 2.05) is 6.07 Å². The Labute approximate surface area is 146 Å². The number of aromatic nitrogens is 5. The Morgan fingerprint density at radius 1 is 1.31 bits per heavy atom.